The summed E-state index contributed by atoms with van der Waals surface area (Å²) in [7, 11) is 2.12. The van der Waals surface area contributed by atoms with Crippen molar-refractivity contribution in [2.24, 2.45) is 0 Å². The Morgan fingerprint density at radius 3 is 3.20 bits per heavy atom. The maximum atomic E-state index is 5.08. The van der Waals surface area contributed by atoms with Gasteiger partial charge in [-0.3, -0.25) is 4.90 Å². The van der Waals surface area contributed by atoms with Crippen molar-refractivity contribution in [1.29, 1.82) is 0 Å². The SMILES string of the molecule is CN(Cc1ccno1)CC1CCCCN1. The van der Waals surface area contributed by atoms with E-state index in [9.17, 15) is 0 Å². The molecule has 1 fully saturated rings. The predicted molar refractivity (Wildman–Crippen MR) is 58.5 cm³/mol. The Balaban J connectivity index is 1.74. The van der Waals surface area contributed by atoms with E-state index in [1.807, 2.05) is 6.07 Å². The lowest BCUT2D eigenvalue weighted by Gasteiger charge is -2.27. The second-order valence-electron chi connectivity index (χ2n) is 4.32. The fourth-order valence-electron chi connectivity index (χ4n) is 2.11. The Bertz CT molecular complexity index is 267. The Morgan fingerprint density at radius 2 is 2.53 bits per heavy atom. The average Bonchev–Trinajstić information content (AvgIpc) is 2.71. The standard InChI is InChI=1S/C11H19N3O/c1-14(9-11-5-7-13-15-11)8-10-4-2-3-6-12-10/h5,7,10,12H,2-4,6,8-9H2,1H3. The molecule has 0 spiro atoms. The monoisotopic (exact) mass is 209 g/mol. The molecule has 15 heavy (non-hydrogen) atoms. The van der Waals surface area contributed by atoms with Crippen LogP contribution in [0.3, 0.4) is 0 Å². The Morgan fingerprint density at radius 1 is 1.60 bits per heavy atom. The maximum Gasteiger partial charge on any atom is 0.150 e. The molecule has 1 N–H and O–H groups in total. The third-order valence-corrected chi connectivity index (χ3v) is 2.86. The third-order valence-electron chi connectivity index (χ3n) is 2.86. The van der Waals surface area contributed by atoms with Crippen LogP contribution in [0, 0.1) is 0 Å². The molecule has 0 radical (unpaired) electrons. The fourth-order valence-corrected chi connectivity index (χ4v) is 2.11. The summed E-state index contributed by atoms with van der Waals surface area (Å²) in [5.41, 5.74) is 0. The van der Waals surface area contributed by atoms with Gasteiger partial charge in [0.1, 0.15) is 0 Å². The van der Waals surface area contributed by atoms with Crippen LogP contribution in [0.1, 0.15) is 25.0 Å². The Labute approximate surface area is 90.6 Å². The highest BCUT2D eigenvalue weighted by Gasteiger charge is 2.15. The molecule has 0 aromatic carbocycles. The minimum atomic E-state index is 0.645. The summed E-state index contributed by atoms with van der Waals surface area (Å²) in [5.74, 6) is 0.938. The van der Waals surface area contributed by atoms with E-state index < -0.39 is 0 Å². The topological polar surface area (TPSA) is 41.3 Å². The maximum absolute atomic E-state index is 5.08. The van der Waals surface area contributed by atoms with E-state index in [-0.39, 0.29) is 0 Å². The minimum Gasteiger partial charge on any atom is -0.360 e. The van der Waals surface area contributed by atoms with Crippen molar-refractivity contribution in [3.63, 3.8) is 0 Å². The van der Waals surface area contributed by atoms with Gasteiger partial charge in [-0.15, -0.1) is 0 Å². The molecule has 0 bridgehead atoms. The quantitative estimate of drug-likeness (QED) is 0.810. The highest BCUT2D eigenvalue weighted by molar-refractivity contribution is 4.92. The van der Waals surface area contributed by atoms with E-state index in [1.54, 1.807) is 6.20 Å². The van der Waals surface area contributed by atoms with Gasteiger partial charge in [-0.05, 0) is 26.4 Å². The molecule has 1 aromatic rings. The van der Waals surface area contributed by atoms with Gasteiger partial charge in [-0.1, -0.05) is 11.6 Å². The number of hydrogen-bond acceptors (Lipinski definition) is 4. The van der Waals surface area contributed by atoms with Gasteiger partial charge < -0.3 is 9.84 Å². The molecule has 1 aromatic heterocycles. The zero-order valence-corrected chi connectivity index (χ0v) is 9.28. The summed E-state index contributed by atoms with van der Waals surface area (Å²) >= 11 is 0. The van der Waals surface area contributed by atoms with Gasteiger partial charge in [-0.2, -0.15) is 0 Å². The molecular weight excluding hydrogens is 190 g/mol. The van der Waals surface area contributed by atoms with Crippen molar-refractivity contribution in [1.82, 2.24) is 15.4 Å². The smallest absolute Gasteiger partial charge is 0.150 e. The number of aromatic nitrogens is 1. The lowest BCUT2D eigenvalue weighted by Crippen LogP contribution is -2.42. The molecule has 4 nitrogen and oxygen atoms in total. The van der Waals surface area contributed by atoms with E-state index in [2.05, 4.69) is 22.4 Å². The summed E-state index contributed by atoms with van der Waals surface area (Å²) in [6.45, 7) is 3.10. The summed E-state index contributed by atoms with van der Waals surface area (Å²) in [6.07, 6.45) is 5.67. The van der Waals surface area contributed by atoms with Crippen LogP contribution in [0.2, 0.25) is 0 Å². The highest BCUT2D eigenvalue weighted by atomic mass is 16.5. The first-order chi connectivity index (χ1) is 7.34. The first kappa shape index (κ1) is 10.6. The van der Waals surface area contributed by atoms with Crippen LogP contribution in [0.25, 0.3) is 0 Å². The predicted octanol–water partition coefficient (Wildman–Crippen LogP) is 1.25. The normalized spacial score (nSPS) is 22.1. The molecule has 0 amide bonds. The van der Waals surface area contributed by atoms with Gasteiger partial charge in [0.25, 0.3) is 0 Å². The van der Waals surface area contributed by atoms with Crippen LogP contribution in [0.15, 0.2) is 16.8 Å². The van der Waals surface area contributed by atoms with Crippen LogP contribution in [-0.4, -0.2) is 36.2 Å². The molecule has 0 aliphatic carbocycles. The average molecular weight is 209 g/mol. The first-order valence-electron chi connectivity index (χ1n) is 5.66. The van der Waals surface area contributed by atoms with E-state index in [0.29, 0.717) is 6.04 Å². The van der Waals surface area contributed by atoms with Crippen molar-refractivity contribution in [2.45, 2.75) is 31.8 Å². The molecule has 1 aliphatic rings. The molecule has 1 unspecified atom stereocenters. The van der Waals surface area contributed by atoms with E-state index in [1.165, 1.54) is 25.8 Å². The fraction of sp³-hybridized carbons (Fsp3) is 0.727. The first-order valence-corrected chi connectivity index (χ1v) is 5.66. The number of hydrogen-bond donors (Lipinski definition) is 1. The summed E-state index contributed by atoms with van der Waals surface area (Å²) in [6, 6.07) is 2.57. The van der Waals surface area contributed by atoms with Crippen molar-refractivity contribution in [3.8, 4) is 0 Å². The number of nitrogens with zero attached hydrogens (tertiary/aromatic N) is 2. The molecule has 1 aliphatic heterocycles. The largest absolute Gasteiger partial charge is 0.360 e. The van der Waals surface area contributed by atoms with Crippen LogP contribution in [0.5, 0.6) is 0 Å². The van der Waals surface area contributed by atoms with Gasteiger partial charge >= 0.3 is 0 Å². The molecule has 2 rings (SSSR count). The molecule has 1 saturated heterocycles. The van der Waals surface area contributed by atoms with Crippen molar-refractivity contribution >= 4 is 0 Å². The number of piperidine rings is 1. The van der Waals surface area contributed by atoms with Gasteiger partial charge in [0.15, 0.2) is 5.76 Å². The van der Waals surface area contributed by atoms with E-state index in [4.69, 9.17) is 4.52 Å². The number of nitrogens with one attached hydrogen (secondary N) is 1. The highest BCUT2D eigenvalue weighted by Crippen LogP contribution is 2.09. The van der Waals surface area contributed by atoms with Crippen LogP contribution >= 0.6 is 0 Å². The summed E-state index contributed by atoms with van der Waals surface area (Å²) < 4.78 is 5.08. The van der Waals surface area contributed by atoms with Crippen LogP contribution in [-0.2, 0) is 6.54 Å². The second-order valence-corrected chi connectivity index (χ2v) is 4.32. The van der Waals surface area contributed by atoms with Crippen molar-refractivity contribution in [2.75, 3.05) is 20.1 Å². The molecule has 4 heteroatoms. The number of likely N-dealkylation sites (N-methyl/N-ethyl adjacent to an activating group) is 1. The van der Waals surface area contributed by atoms with Gasteiger partial charge in [-0.25, -0.2) is 0 Å². The van der Waals surface area contributed by atoms with Gasteiger partial charge in [0, 0.05) is 18.7 Å². The molecule has 2 heterocycles. The van der Waals surface area contributed by atoms with Gasteiger partial charge in [0.05, 0.1) is 12.7 Å². The third kappa shape index (κ3) is 3.32. The van der Waals surface area contributed by atoms with Crippen LogP contribution < -0.4 is 5.32 Å². The minimum absolute atomic E-state index is 0.645. The zero-order chi connectivity index (χ0) is 10.5. The van der Waals surface area contributed by atoms with E-state index in [0.717, 1.165) is 18.8 Å². The summed E-state index contributed by atoms with van der Waals surface area (Å²) in [5, 5.41) is 7.25. The molecule has 0 saturated carbocycles. The van der Waals surface area contributed by atoms with E-state index >= 15 is 0 Å². The van der Waals surface area contributed by atoms with Crippen molar-refractivity contribution < 1.29 is 4.52 Å². The van der Waals surface area contributed by atoms with Gasteiger partial charge in [0.2, 0.25) is 0 Å². The molecular formula is C11H19N3O. The Hall–Kier alpha value is -0.870. The Kier molecular flexibility index (Phi) is 3.75. The lowest BCUT2D eigenvalue weighted by molar-refractivity contribution is 0.231. The molecule has 1 atom stereocenters. The zero-order valence-electron chi connectivity index (χ0n) is 9.28. The van der Waals surface area contributed by atoms with Crippen LogP contribution in [0.4, 0.5) is 0 Å². The lowest BCUT2D eigenvalue weighted by atomic mass is 10.0. The second kappa shape index (κ2) is 5.28. The summed E-state index contributed by atoms with van der Waals surface area (Å²) in [4.78, 5) is 2.28. The van der Waals surface area contributed by atoms with Crippen molar-refractivity contribution in [3.05, 3.63) is 18.0 Å². The number of rotatable bonds is 4. The molecule has 84 valence electrons.